The Hall–Kier alpha value is -1.62. The van der Waals surface area contributed by atoms with Crippen LogP contribution >= 0.6 is 11.3 Å². The molecule has 18 heavy (non-hydrogen) atoms. The van der Waals surface area contributed by atoms with Crippen molar-refractivity contribution in [1.29, 1.82) is 0 Å². The lowest BCUT2D eigenvalue weighted by atomic mass is 10.1. The second-order valence-corrected chi connectivity index (χ2v) is 5.58. The third-order valence-electron chi connectivity index (χ3n) is 3.23. The van der Waals surface area contributed by atoms with Crippen molar-refractivity contribution in [2.45, 2.75) is 31.8 Å². The van der Waals surface area contributed by atoms with E-state index in [1.165, 1.54) is 0 Å². The van der Waals surface area contributed by atoms with Crippen LogP contribution < -0.4 is 5.32 Å². The SMILES string of the molecule is O=C(Cc1cccs1)NC1CCn2ccnc2C1. The number of amides is 1. The van der Waals surface area contributed by atoms with Crippen LogP contribution in [0.2, 0.25) is 0 Å². The van der Waals surface area contributed by atoms with Gasteiger partial charge in [0.05, 0.1) is 6.42 Å². The molecule has 1 aliphatic rings. The Morgan fingerprint density at radius 1 is 1.61 bits per heavy atom. The average Bonchev–Trinajstić information content (AvgIpc) is 2.98. The molecule has 3 heterocycles. The Kier molecular flexibility index (Phi) is 3.15. The van der Waals surface area contributed by atoms with Crippen molar-refractivity contribution in [3.63, 3.8) is 0 Å². The Morgan fingerprint density at radius 3 is 3.39 bits per heavy atom. The Morgan fingerprint density at radius 2 is 2.56 bits per heavy atom. The Balaban J connectivity index is 1.56. The number of carbonyl (C=O) groups excluding carboxylic acids is 1. The molecule has 1 unspecified atom stereocenters. The summed E-state index contributed by atoms with van der Waals surface area (Å²) in [6.07, 6.45) is 6.13. The second kappa shape index (κ2) is 4.94. The fraction of sp³-hybridized carbons (Fsp3) is 0.385. The number of nitrogens with zero attached hydrogens (tertiary/aromatic N) is 2. The quantitative estimate of drug-likeness (QED) is 0.912. The van der Waals surface area contributed by atoms with Gasteiger partial charge < -0.3 is 9.88 Å². The highest BCUT2D eigenvalue weighted by atomic mass is 32.1. The van der Waals surface area contributed by atoms with Crippen LogP contribution in [0.15, 0.2) is 29.9 Å². The molecule has 0 aliphatic carbocycles. The monoisotopic (exact) mass is 261 g/mol. The third kappa shape index (κ3) is 2.46. The fourth-order valence-corrected chi connectivity index (χ4v) is 3.03. The van der Waals surface area contributed by atoms with Crippen LogP contribution in [0.4, 0.5) is 0 Å². The first-order valence-electron chi connectivity index (χ1n) is 6.13. The number of rotatable bonds is 3. The molecule has 2 aromatic rings. The van der Waals surface area contributed by atoms with Crippen molar-refractivity contribution in [3.05, 3.63) is 40.6 Å². The summed E-state index contributed by atoms with van der Waals surface area (Å²) in [7, 11) is 0. The molecule has 2 aromatic heterocycles. The third-order valence-corrected chi connectivity index (χ3v) is 4.11. The van der Waals surface area contributed by atoms with Crippen molar-refractivity contribution in [1.82, 2.24) is 14.9 Å². The van der Waals surface area contributed by atoms with Gasteiger partial charge in [0.1, 0.15) is 5.82 Å². The normalized spacial score (nSPS) is 18.3. The van der Waals surface area contributed by atoms with E-state index < -0.39 is 0 Å². The van der Waals surface area contributed by atoms with Crippen LogP contribution in [0.3, 0.4) is 0 Å². The summed E-state index contributed by atoms with van der Waals surface area (Å²) >= 11 is 1.63. The molecule has 1 amide bonds. The number of thiophene rings is 1. The van der Waals surface area contributed by atoms with Crippen LogP contribution in [-0.4, -0.2) is 21.5 Å². The van der Waals surface area contributed by atoms with Gasteiger partial charge in [0.2, 0.25) is 5.91 Å². The molecule has 0 spiro atoms. The standard InChI is InChI=1S/C13H15N3OS/c17-13(9-11-2-1-7-18-11)15-10-3-5-16-6-4-14-12(16)8-10/h1-2,4,6-7,10H,3,5,8-9H2,(H,15,17). The molecular weight excluding hydrogens is 246 g/mol. The van der Waals surface area contributed by atoms with Gasteiger partial charge >= 0.3 is 0 Å². The number of imidazole rings is 1. The van der Waals surface area contributed by atoms with Crippen LogP contribution in [0.25, 0.3) is 0 Å². The van der Waals surface area contributed by atoms with E-state index in [1.54, 1.807) is 11.3 Å². The lowest BCUT2D eigenvalue weighted by molar-refractivity contribution is -0.121. The maximum Gasteiger partial charge on any atom is 0.225 e. The number of hydrogen-bond acceptors (Lipinski definition) is 3. The second-order valence-electron chi connectivity index (χ2n) is 4.55. The predicted octanol–water partition coefficient (Wildman–Crippen LogP) is 1.62. The molecule has 0 saturated heterocycles. The number of hydrogen-bond donors (Lipinski definition) is 1. The van der Waals surface area contributed by atoms with E-state index in [-0.39, 0.29) is 11.9 Å². The summed E-state index contributed by atoms with van der Waals surface area (Å²) in [6, 6.07) is 4.20. The van der Waals surface area contributed by atoms with Crippen LogP contribution in [0, 0.1) is 0 Å². The molecule has 0 aromatic carbocycles. The Labute approximate surface area is 110 Å². The van der Waals surface area contributed by atoms with Gasteiger partial charge in [0.25, 0.3) is 0 Å². The van der Waals surface area contributed by atoms with Gasteiger partial charge in [-0.1, -0.05) is 6.07 Å². The molecule has 0 bridgehead atoms. The summed E-state index contributed by atoms with van der Waals surface area (Å²) in [5.41, 5.74) is 0. The molecule has 1 N–H and O–H groups in total. The molecule has 3 rings (SSSR count). The highest BCUT2D eigenvalue weighted by molar-refractivity contribution is 7.10. The predicted molar refractivity (Wildman–Crippen MR) is 70.5 cm³/mol. The van der Waals surface area contributed by atoms with Gasteiger partial charge in [0, 0.05) is 36.3 Å². The maximum atomic E-state index is 11.9. The molecule has 1 aliphatic heterocycles. The highest BCUT2D eigenvalue weighted by Gasteiger charge is 2.20. The van der Waals surface area contributed by atoms with Crippen molar-refractivity contribution in [2.24, 2.45) is 0 Å². The molecule has 0 fully saturated rings. The lowest BCUT2D eigenvalue weighted by Gasteiger charge is -2.24. The number of nitrogens with one attached hydrogen (secondary N) is 1. The van der Waals surface area contributed by atoms with Gasteiger partial charge in [-0.3, -0.25) is 4.79 Å². The van der Waals surface area contributed by atoms with Gasteiger partial charge in [-0.15, -0.1) is 11.3 Å². The molecule has 4 nitrogen and oxygen atoms in total. The zero-order valence-corrected chi connectivity index (χ0v) is 10.8. The van der Waals surface area contributed by atoms with Crippen molar-refractivity contribution in [2.75, 3.05) is 0 Å². The van der Waals surface area contributed by atoms with Gasteiger partial charge in [-0.25, -0.2) is 4.98 Å². The van der Waals surface area contributed by atoms with E-state index in [9.17, 15) is 4.79 Å². The zero-order chi connectivity index (χ0) is 12.4. The number of aryl methyl sites for hydroxylation is 1. The highest BCUT2D eigenvalue weighted by Crippen LogP contribution is 2.14. The van der Waals surface area contributed by atoms with Gasteiger partial charge in [0.15, 0.2) is 0 Å². The van der Waals surface area contributed by atoms with Crippen LogP contribution in [0.5, 0.6) is 0 Å². The zero-order valence-electron chi connectivity index (χ0n) is 10.0. The lowest BCUT2D eigenvalue weighted by Crippen LogP contribution is -2.40. The molecular formula is C13H15N3OS. The average molecular weight is 261 g/mol. The first-order chi connectivity index (χ1) is 8.81. The first kappa shape index (κ1) is 11.5. The summed E-state index contributed by atoms with van der Waals surface area (Å²) < 4.78 is 2.15. The van der Waals surface area contributed by atoms with Crippen LogP contribution in [0.1, 0.15) is 17.1 Å². The largest absolute Gasteiger partial charge is 0.353 e. The van der Waals surface area contributed by atoms with E-state index in [2.05, 4.69) is 14.9 Å². The van der Waals surface area contributed by atoms with Gasteiger partial charge in [-0.2, -0.15) is 0 Å². The number of fused-ring (bicyclic) bond motifs is 1. The van der Waals surface area contributed by atoms with E-state index >= 15 is 0 Å². The molecule has 1 atom stereocenters. The summed E-state index contributed by atoms with van der Waals surface area (Å²) in [4.78, 5) is 17.3. The van der Waals surface area contributed by atoms with Crippen LogP contribution in [-0.2, 0) is 24.2 Å². The van der Waals surface area contributed by atoms with E-state index in [0.717, 1.165) is 30.1 Å². The van der Waals surface area contributed by atoms with E-state index in [4.69, 9.17) is 0 Å². The molecule has 5 heteroatoms. The maximum absolute atomic E-state index is 11.9. The molecule has 0 saturated carbocycles. The smallest absolute Gasteiger partial charge is 0.225 e. The molecule has 94 valence electrons. The topological polar surface area (TPSA) is 46.9 Å². The molecule has 0 radical (unpaired) electrons. The number of carbonyl (C=O) groups is 1. The summed E-state index contributed by atoms with van der Waals surface area (Å²) in [6.45, 7) is 0.944. The fourth-order valence-electron chi connectivity index (χ4n) is 2.32. The minimum atomic E-state index is 0.113. The van der Waals surface area contributed by atoms with Crippen molar-refractivity contribution < 1.29 is 4.79 Å². The van der Waals surface area contributed by atoms with Crippen molar-refractivity contribution in [3.8, 4) is 0 Å². The van der Waals surface area contributed by atoms with Gasteiger partial charge in [-0.05, 0) is 17.9 Å². The summed E-state index contributed by atoms with van der Waals surface area (Å²) in [5.74, 6) is 1.19. The van der Waals surface area contributed by atoms with E-state index in [1.807, 2.05) is 29.9 Å². The Bertz CT molecular complexity index is 532. The summed E-state index contributed by atoms with van der Waals surface area (Å²) in [5, 5.41) is 5.10. The minimum absolute atomic E-state index is 0.113. The minimum Gasteiger partial charge on any atom is -0.353 e. The van der Waals surface area contributed by atoms with Crippen molar-refractivity contribution >= 4 is 17.2 Å². The number of aromatic nitrogens is 2. The first-order valence-corrected chi connectivity index (χ1v) is 7.01. The van der Waals surface area contributed by atoms with E-state index in [0.29, 0.717) is 6.42 Å².